The highest BCUT2D eigenvalue weighted by molar-refractivity contribution is 5.91. The van der Waals surface area contributed by atoms with Gasteiger partial charge in [0.2, 0.25) is 0 Å². The van der Waals surface area contributed by atoms with Crippen molar-refractivity contribution < 1.29 is 18.7 Å². The summed E-state index contributed by atoms with van der Waals surface area (Å²) < 4.78 is 27.5. The first-order valence-electron chi connectivity index (χ1n) is 8.96. The molecule has 0 bridgehead atoms. The van der Waals surface area contributed by atoms with Crippen LogP contribution in [0.25, 0.3) is 22.2 Å². The van der Waals surface area contributed by atoms with Crippen molar-refractivity contribution >= 4 is 16.9 Å². The van der Waals surface area contributed by atoms with Crippen molar-refractivity contribution in [1.29, 1.82) is 0 Å². The Morgan fingerprint density at radius 3 is 2.41 bits per heavy atom. The minimum absolute atomic E-state index is 0.127. The van der Waals surface area contributed by atoms with E-state index in [9.17, 15) is 18.7 Å². The van der Waals surface area contributed by atoms with E-state index in [0.29, 0.717) is 29.6 Å². The Morgan fingerprint density at radius 2 is 1.74 bits per heavy atom. The van der Waals surface area contributed by atoms with Crippen LogP contribution in [0.15, 0.2) is 42.6 Å². The first kappa shape index (κ1) is 17.5. The molecule has 0 unspecified atom stereocenters. The summed E-state index contributed by atoms with van der Waals surface area (Å²) in [4.78, 5) is 20.2. The van der Waals surface area contributed by atoms with Gasteiger partial charge in [-0.05, 0) is 49.9 Å². The van der Waals surface area contributed by atoms with Crippen molar-refractivity contribution in [1.82, 2.24) is 9.97 Å². The number of aliphatic carboxylic acids is 1. The topological polar surface area (TPSA) is 63.1 Å². The summed E-state index contributed by atoms with van der Waals surface area (Å²) in [5, 5.41) is 10.0. The summed E-state index contributed by atoms with van der Waals surface area (Å²) in [6.07, 6.45) is 4.30. The summed E-state index contributed by atoms with van der Waals surface area (Å²) in [6, 6.07) is 9.00. The standard InChI is InChI=1S/C21H18F2N2O2/c22-16-8-15(9-17(23)11-16)20-19-14(2-1-7-24-19)10-18(25-20)12-3-5-13(6-4-12)21(26)27/h1-2,7-13H,3-6H2,(H,26,27). The molecule has 0 spiro atoms. The van der Waals surface area contributed by atoms with Gasteiger partial charge in [0, 0.05) is 34.8 Å². The molecule has 2 heterocycles. The van der Waals surface area contributed by atoms with E-state index in [1.807, 2.05) is 18.2 Å². The molecular formula is C21H18F2N2O2. The number of halogens is 2. The number of carboxylic acids is 1. The molecule has 3 aromatic rings. The molecule has 1 N–H and O–H groups in total. The zero-order valence-electron chi connectivity index (χ0n) is 14.5. The van der Waals surface area contributed by atoms with Crippen LogP contribution in [-0.4, -0.2) is 21.0 Å². The number of nitrogens with zero attached hydrogens (tertiary/aromatic N) is 2. The predicted molar refractivity (Wildman–Crippen MR) is 97.2 cm³/mol. The largest absolute Gasteiger partial charge is 0.481 e. The third-order valence-corrected chi connectivity index (χ3v) is 5.24. The second-order valence-electron chi connectivity index (χ2n) is 7.02. The number of carboxylic acid groups (broad SMARTS) is 1. The number of pyridine rings is 2. The second kappa shape index (κ2) is 7.02. The summed E-state index contributed by atoms with van der Waals surface area (Å²) in [6.45, 7) is 0. The van der Waals surface area contributed by atoms with Gasteiger partial charge in [-0.15, -0.1) is 0 Å². The van der Waals surface area contributed by atoms with E-state index >= 15 is 0 Å². The van der Waals surface area contributed by atoms with Gasteiger partial charge in [0.25, 0.3) is 0 Å². The average Bonchev–Trinajstić information content (AvgIpc) is 2.66. The monoisotopic (exact) mass is 368 g/mol. The van der Waals surface area contributed by atoms with Crippen LogP contribution in [0.3, 0.4) is 0 Å². The molecule has 6 heteroatoms. The van der Waals surface area contributed by atoms with Crippen LogP contribution in [0.5, 0.6) is 0 Å². The van der Waals surface area contributed by atoms with Crippen molar-refractivity contribution in [3.63, 3.8) is 0 Å². The van der Waals surface area contributed by atoms with E-state index in [4.69, 9.17) is 4.98 Å². The molecule has 1 fully saturated rings. The number of rotatable bonds is 3. The van der Waals surface area contributed by atoms with Gasteiger partial charge in [-0.3, -0.25) is 14.8 Å². The van der Waals surface area contributed by atoms with Gasteiger partial charge in [0.05, 0.1) is 17.1 Å². The lowest BCUT2D eigenvalue weighted by molar-refractivity contribution is -0.142. The highest BCUT2D eigenvalue weighted by Crippen LogP contribution is 2.37. The third-order valence-electron chi connectivity index (χ3n) is 5.24. The van der Waals surface area contributed by atoms with Gasteiger partial charge in [0.15, 0.2) is 0 Å². The maximum Gasteiger partial charge on any atom is 0.306 e. The third kappa shape index (κ3) is 3.52. The first-order chi connectivity index (χ1) is 13.0. The van der Waals surface area contributed by atoms with E-state index in [1.54, 1.807) is 6.20 Å². The zero-order chi connectivity index (χ0) is 19.0. The molecule has 4 nitrogen and oxygen atoms in total. The van der Waals surface area contributed by atoms with E-state index in [0.717, 1.165) is 30.0 Å². The smallest absolute Gasteiger partial charge is 0.306 e. The zero-order valence-corrected chi connectivity index (χ0v) is 14.5. The number of fused-ring (bicyclic) bond motifs is 1. The normalized spacial score (nSPS) is 19.9. The summed E-state index contributed by atoms with van der Waals surface area (Å²) in [7, 11) is 0. The van der Waals surface area contributed by atoms with Gasteiger partial charge in [0.1, 0.15) is 11.6 Å². The fourth-order valence-corrected chi connectivity index (χ4v) is 3.84. The molecule has 2 aromatic heterocycles. The lowest BCUT2D eigenvalue weighted by Crippen LogP contribution is -2.21. The SMILES string of the molecule is O=C(O)C1CCC(c2cc3cccnc3c(-c3cc(F)cc(F)c3)n2)CC1. The van der Waals surface area contributed by atoms with E-state index in [1.165, 1.54) is 12.1 Å². The van der Waals surface area contributed by atoms with Crippen LogP contribution in [0.1, 0.15) is 37.3 Å². The summed E-state index contributed by atoms with van der Waals surface area (Å²) in [5.74, 6) is -2.26. The average molecular weight is 368 g/mol. The Bertz CT molecular complexity index is 994. The lowest BCUT2D eigenvalue weighted by atomic mass is 9.80. The molecule has 0 radical (unpaired) electrons. The molecule has 1 aliphatic carbocycles. The molecule has 1 saturated carbocycles. The van der Waals surface area contributed by atoms with Gasteiger partial charge in [-0.1, -0.05) is 6.07 Å². The Kier molecular flexibility index (Phi) is 4.56. The molecule has 1 aromatic carbocycles. The van der Waals surface area contributed by atoms with Crippen LogP contribution in [0, 0.1) is 17.6 Å². The number of hydrogen-bond donors (Lipinski definition) is 1. The summed E-state index contributed by atoms with van der Waals surface area (Å²) in [5.41, 5.74) is 2.20. The fraction of sp³-hybridized carbons (Fsp3) is 0.286. The molecule has 27 heavy (non-hydrogen) atoms. The predicted octanol–water partition coefficient (Wildman–Crippen LogP) is 4.93. The van der Waals surface area contributed by atoms with Crippen molar-refractivity contribution in [3.05, 3.63) is 59.9 Å². The van der Waals surface area contributed by atoms with Gasteiger partial charge in [-0.25, -0.2) is 8.78 Å². The van der Waals surface area contributed by atoms with Crippen molar-refractivity contribution in [3.8, 4) is 11.3 Å². The molecule has 0 amide bonds. The molecular weight excluding hydrogens is 350 g/mol. The molecule has 4 rings (SSSR count). The first-order valence-corrected chi connectivity index (χ1v) is 8.96. The highest BCUT2D eigenvalue weighted by atomic mass is 19.1. The van der Waals surface area contributed by atoms with E-state index < -0.39 is 17.6 Å². The maximum atomic E-state index is 13.7. The van der Waals surface area contributed by atoms with Gasteiger partial charge in [-0.2, -0.15) is 0 Å². The molecule has 0 aliphatic heterocycles. The Morgan fingerprint density at radius 1 is 1.04 bits per heavy atom. The van der Waals surface area contributed by atoms with Crippen LogP contribution in [0.4, 0.5) is 8.78 Å². The number of carbonyl (C=O) groups is 1. The second-order valence-corrected chi connectivity index (χ2v) is 7.02. The molecule has 0 atom stereocenters. The maximum absolute atomic E-state index is 13.7. The number of hydrogen-bond acceptors (Lipinski definition) is 3. The van der Waals surface area contributed by atoms with E-state index in [2.05, 4.69) is 4.98 Å². The number of aromatic nitrogens is 2. The Balaban J connectivity index is 1.78. The molecule has 138 valence electrons. The van der Waals surface area contributed by atoms with Gasteiger partial charge < -0.3 is 5.11 Å². The lowest BCUT2D eigenvalue weighted by Gasteiger charge is -2.26. The van der Waals surface area contributed by atoms with Crippen LogP contribution in [-0.2, 0) is 4.79 Å². The van der Waals surface area contributed by atoms with Crippen LogP contribution >= 0.6 is 0 Å². The van der Waals surface area contributed by atoms with Gasteiger partial charge >= 0.3 is 5.97 Å². The molecule has 0 saturated heterocycles. The van der Waals surface area contributed by atoms with Crippen molar-refractivity contribution in [2.45, 2.75) is 31.6 Å². The van der Waals surface area contributed by atoms with E-state index in [-0.39, 0.29) is 11.8 Å². The molecule has 1 aliphatic rings. The fourth-order valence-electron chi connectivity index (χ4n) is 3.84. The minimum atomic E-state index is -0.750. The van der Waals surface area contributed by atoms with Crippen molar-refractivity contribution in [2.24, 2.45) is 5.92 Å². The Hall–Kier alpha value is -2.89. The van der Waals surface area contributed by atoms with Crippen LogP contribution < -0.4 is 0 Å². The van der Waals surface area contributed by atoms with Crippen molar-refractivity contribution in [2.75, 3.05) is 0 Å². The summed E-state index contributed by atoms with van der Waals surface area (Å²) >= 11 is 0. The number of benzene rings is 1. The Labute approximate surface area is 154 Å². The van der Waals surface area contributed by atoms with Crippen LogP contribution in [0.2, 0.25) is 0 Å². The minimum Gasteiger partial charge on any atom is -0.481 e. The quantitative estimate of drug-likeness (QED) is 0.712. The highest BCUT2D eigenvalue weighted by Gasteiger charge is 2.28.